The van der Waals surface area contributed by atoms with Gasteiger partial charge in [0, 0.05) is 23.4 Å². The van der Waals surface area contributed by atoms with E-state index in [1.807, 2.05) is 13.0 Å². The van der Waals surface area contributed by atoms with Crippen molar-refractivity contribution < 1.29 is 0 Å². The molecule has 0 aromatic carbocycles. The van der Waals surface area contributed by atoms with Gasteiger partial charge in [0.15, 0.2) is 0 Å². The van der Waals surface area contributed by atoms with E-state index in [1.54, 1.807) is 23.1 Å². The van der Waals surface area contributed by atoms with Gasteiger partial charge in [-0.25, -0.2) is 4.98 Å². The molecule has 2 N–H and O–H groups in total. The van der Waals surface area contributed by atoms with Gasteiger partial charge in [0.2, 0.25) is 0 Å². The molecule has 0 bridgehead atoms. The lowest BCUT2D eigenvalue weighted by molar-refractivity contribution is 1.16. The predicted molar refractivity (Wildman–Crippen MR) is 55.8 cm³/mol. The zero-order valence-corrected chi connectivity index (χ0v) is 8.62. The summed E-state index contributed by atoms with van der Waals surface area (Å²) in [6.45, 7) is 2.63. The highest BCUT2D eigenvalue weighted by Gasteiger charge is 1.95. The first-order valence-electron chi connectivity index (χ1n) is 3.73. The van der Waals surface area contributed by atoms with E-state index in [4.69, 9.17) is 5.73 Å². The van der Waals surface area contributed by atoms with Gasteiger partial charge >= 0.3 is 0 Å². The Bertz CT molecular complexity index is 255. The number of rotatable bonds is 4. The number of hydrogen-bond acceptors (Lipinski definition) is 4. The minimum absolute atomic E-state index is 0.622. The van der Waals surface area contributed by atoms with Gasteiger partial charge in [0.05, 0.1) is 0 Å². The van der Waals surface area contributed by atoms with Crippen LogP contribution in [0.3, 0.4) is 0 Å². The Hall–Kier alpha value is -0.320. The maximum atomic E-state index is 5.30. The van der Waals surface area contributed by atoms with E-state index in [0.29, 0.717) is 6.54 Å². The Morgan fingerprint density at radius 2 is 2.50 bits per heavy atom. The van der Waals surface area contributed by atoms with E-state index in [0.717, 1.165) is 15.8 Å². The third kappa shape index (κ3) is 3.38. The highest BCUT2D eigenvalue weighted by atomic mass is 32.2. The fourth-order valence-electron chi connectivity index (χ4n) is 0.682. The first-order chi connectivity index (χ1) is 5.83. The fourth-order valence-corrected chi connectivity index (χ4v) is 2.41. The van der Waals surface area contributed by atoms with Crippen LogP contribution >= 0.6 is 23.1 Å². The molecule has 1 rings (SSSR count). The summed E-state index contributed by atoms with van der Waals surface area (Å²) in [5.41, 5.74) is 6.41. The summed E-state index contributed by atoms with van der Waals surface area (Å²) in [7, 11) is 0. The molecule has 1 aromatic rings. The van der Waals surface area contributed by atoms with Crippen molar-refractivity contribution in [2.24, 2.45) is 5.73 Å². The van der Waals surface area contributed by atoms with Crippen LogP contribution in [0.15, 0.2) is 21.9 Å². The van der Waals surface area contributed by atoms with Crippen molar-refractivity contribution in [3.05, 3.63) is 23.2 Å². The van der Waals surface area contributed by atoms with Crippen molar-refractivity contribution in [2.45, 2.75) is 11.3 Å². The maximum absolute atomic E-state index is 5.30. The fraction of sp³-hybridized carbons (Fsp3) is 0.375. The molecule has 0 aliphatic heterocycles. The molecule has 2 nitrogen and oxygen atoms in total. The molecule has 0 unspecified atom stereocenters. The van der Waals surface area contributed by atoms with Crippen molar-refractivity contribution in [3.63, 3.8) is 0 Å². The highest BCUT2D eigenvalue weighted by molar-refractivity contribution is 8.01. The Morgan fingerprint density at radius 1 is 1.67 bits per heavy atom. The van der Waals surface area contributed by atoms with Crippen molar-refractivity contribution >= 4 is 23.1 Å². The normalized spacial score (nSPS) is 11.2. The van der Waals surface area contributed by atoms with Crippen LogP contribution in [0.5, 0.6) is 0 Å². The van der Waals surface area contributed by atoms with E-state index in [2.05, 4.69) is 16.4 Å². The SMILES string of the molecule is Cc1csc(SCC=CCN)n1. The van der Waals surface area contributed by atoms with E-state index in [-0.39, 0.29) is 0 Å². The summed E-state index contributed by atoms with van der Waals surface area (Å²) >= 11 is 3.44. The van der Waals surface area contributed by atoms with E-state index in [9.17, 15) is 0 Å². The predicted octanol–water partition coefficient (Wildman–Crippen LogP) is 2.06. The second-order valence-electron chi connectivity index (χ2n) is 2.27. The number of thiazole rings is 1. The number of thioether (sulfide) groups is 1. The van der Waals surface area contributed by atoms with Crippen LogP contribution in [-0.2, 0) is 0 Å². The summed E-state index contributed by atoms with van der Waals surface area (Å²) in [6, 6.07) is 0. The zero-order chi connectivity index (χ0) is 8.81. The van der Waals surface area contributed by atoms with Gasteiger partial charge in [-0.3, -0.25) is 0 Å². The monoisotopic (exact) mass is 200 g/mol. The molecule has 0 amide bonds. The van der Waals surface area contributed by atoms with Crippen molar-refractivity contribution in [1.82, 2.24) is 4.98 Å². The van der Waals surface area contributed by atoms with Gasteiger partial charge < -0.3 is 5.73 Å². The molecule has 0 aliphatic carbocycles. The number of hydrogen-bond donors (Lipinski definition) is 1. The number of aromatic nitrogens is 1. The first-order valence-corrected chi connectivity index (χ1v) is 5.59. The van der Waals surface area contributed by atoms with Gasteiger partial charge in [0.25, 0.3) is 0 Å². The van der Waals surface area contributed by atoms with Gasteiger partial charge in [0.1, 0.15) is 4.34 Å². The molecule has 0 fully saturated rings. The maximum Gasteiger partial charge on any atom is 0.150 e. The topological polar surface area (TPSA) is 38.9 Å². The smallest absolute Gasteiger partial charge is 0.150 e. The average molecular weight is 200 g/mol. The molecule has 12 heavy (non-hydrogen) atoms. The quantitative estimate of drug-likeness (QED) is 0.597. The minimum atomic E-state index is 0.622. The van der Waals surface area contributed by atoms with Crippen LogP contribution in [0.25, 0.3) is 0 Å². The lowest BCUT2D eigenvalue weighted by Gasteiger charge is -1.88. The Labute approximate surface area is 80.9 Å². The molecule has 0 saturated carbocycles. The number of nitrogens with two attached hydrogens (primary N) is 1. The molecule has 0 spiro atoms. The zero-order valence-electron chi connectivity index (χ0n) is 6.99. The standard InChI is InChI=1S/C8H12N2S2/c1-7-6-12-8(10-7)11-5-3-2-4-9/h2-3,6H,4-5,9H2,1H3. The summed E-state index contributed by atoms with van der Waals surface area (Å²) < 4.78 is 1.13. The molecule has 1 aromatic heterocycles. The summed E-state index contributed by atoms with van der Waals surface area (Å²) in [5, 5.41) is 2.06. The van der Waals surface area contributed by atoms with Crippen LogP contribution in [0.2, 0.25) is 0 Å². The molecule has 0 atom stereocenters. The average Bonchev–Trinajstić information content (AvgIpc) is 2.45. The molecule has 0 aliphatic rings. The van der Waals surface area contributed by atoms with Crippen molar-refractivity contribution in [2.75, 3.05) is 12.3 Å². The first kappa shape index (κ1) is 9.77. The number of nitrogens with zero attached hydrogens (tertiary/aromatic N) is 1. The number of aryl methyl sites for hydroxylation is 1. The molecule has 66 valence electrons. The molecular weight excluding hydrogens is 188 g/mol. The van der Waals surface area contributed by atoms with Crippen LogP contribution in [0, 0.1) is 6.92 Å². The van der Waals surface area contributed by atoms with Gasteiger partial charge in [-0.2, -0.15) is 0 Å². The van der Waals surface area contributed by atoms with Crippen LogP contribution in [0.1, 0.15) is 5.69 Å². The molecule has 0 radical (unpaired) electrons. The third-order valence-electron chi connectivity index (χ3n) is 1.20. The van der Waals surface area contributed by atoms with E-state index >= 15 is 0 Å². The highest BCUT2D eigenvalue weighted by Crippen LogP contribution is 2.21. The second kappa shape index (κ2) is 5.35. The second-order valence-corrected chi connectivity index (χ2v) is 4.40. The van der Waals surface area contributed by atoms with Crippen molar-refractivity contribution in [3.8, 4) is 0 Å². The van der Waals surface area contributed by atoms with E-state index < -0.39 is 0 Å². The Morgan fingerprint density at radius 3 is 3.08 bits per heavy atom. The van der Waals surface area contributed by atoms with Gasteiger partial charge in [-0.1, -0.05) is 23.9 Å². The van der Waals surface area contributed by atoms with Gasteiger partial charge in [-0.15, -0.1) is 11.3 Å². The van der Waals surface area contributed by atoms with Crippen molar-refractivity contribution in [1.29, 1.82) is 0 Å². The third-order valence-corrected chi connectivity index (χ3v) is 3.30. The molecule has 4 heteroatoms. The summed E-state index contributed by atoms with van der Waals surface area (Å²) in [4.78, 5) is 4.32. The Balaban J connectivity index is 2.28. The van der Waals surface area contributed by atoms with Crippen LogP contribution in [0.4, 0.5) is 0 Å². The molecule has 0 saturated heterocycles. The van der Waals surface area contributed by atoms with Gasteiger partial charge in [-0.05, 0) is 6.92 Å². The van der Waals surface area contributed by atoms with E-state index in [1.165, 1.54) is 0 Å². The lowest BCUT2D eigenvalue weighted by Crippen LogP contribution is -1.92. The molecular formula is C8H12N2S2. The summed E-state index contributed by atoms with van der Waals surface area (Å²) in [6.07, 6.45) is 4.04. The Kier molecular flexibility index (Phi) is 4.35. The van der Waals surface area contributed by atoms with Crippen LogP contribution < -0.4 is 5.73 Å². The summed E-state index contributed by atoms with van der Waals surface area (Å²) in [5.74, 6) is 0.962. The molecule has 1 heterocycles. The van der Waals surface area contributed by atoms with Crippen LogP contribution in [-0.4, -0.2) is 17.3 Å². The largest absolute Gasteiger partial charge is 0.327 e. The minimum Gasteiger partial charge on any atom is -0.327 e. The lowest BCUT2D eigenvalue weighted by atomic mass is 10.5.